The lowest BCUT2D eigenvalue weighted by Crippen LogP contribution is -2.07. The molecule has 0 bridgehead atoms. The molecule has 3 N–H and O–H groups in total. The molecule has 0 atom stereocenters. The van der Waals surface area contributed by atoms with Gasteiger partial charge in [-0.05, 0) is 30.2 Å². The Morgan fingerprint density at radius 3 is 2.88 bits per heavy atom. The molecule has 0 spiro atoms. The first kappa shape index (κ1) is 10.7. The molecule has 1 heterocycles. The number of nitrogen functional groups attached to an aromatic ring is 1. The molecule has 0 aliphatic carbocycles. The summed E-state index contributed by atoms with van der Waals surface area (Å²) in [6.07, 6.45) is 2.72. The molecule has 84 valence electrons. The van der Waals surface area contributed by atoms with E-state index in [4.69, 9.17) is 15.6 Å². The van der Waals surface area contributed by atoms with Crippen LogP contribution in [0.15, 0.2) is 24.3 Å². The number of hydrogen-bond acceptors (Lipinski definition) is 3. The maximum Gasteiger partial charge on any atom is 0.335 e. The maximum atomic E-state index is 10.9. The van der Waals surface area contributed by atoms with E-state index in [1.54, 1.807) is 12.1 Å². The zero-order valence-electron chi connectivity index (χ0n) is 8.77. The quantitative estimate of drug-likeness (QED) is 0.743. The van der Waals surface area contributed by atoms with Crippen LogP contribution in [0.25, 0.3) is 5.57 Å². The fourth-order valence-corrected chi connectivity index (χ4v) is 1.74. The highest BCUT2D eigenvalue weighted by molar-refractivity contribution is 5.90. The van der Waals surface area contributed by atoms with Gasteiger partial charge >= 0.3 is 5.97 Å². The van der Waals surface area contributed by atoms with Gasteiger partial charge in [0, 0.05) is 11.3 Å². The molecule has 0 saturated carbocycles. The van der Waals surface area contributed by atoms with Crippen molar-refractivity contribution in [2.24, 2.45) is 0 Å². The summed E-state index contributed by atoms with van der Waals surface area (Å²) in [6, 6.07) is 4.77. The van der Waals surface area contributed by atoms with Gasteiger partial charge in [-0.15, -0.1) is 0 Å². The van der Waals surface area contributed by atoms with Gasteiger partial charge in [-0.25, -0.2) is 4.79 Å². The zero-order valence-corrected chi connectivity index (χ0v) is 8.77. The van der Waals surface area contributed by atoms with E-state index in [0.29, 0.717) is 18.9 Å². The zero-order chi connectivity index (χ0) is 11.5. The van der Waals surface area contributed by atoms with Crippen LogP contribution in [0, 0.1) is 0 Å². The van der Waals surface area contributed by atoms with Crippen LogP contribution in [0.3, 0.4) is 0 Å². The standard InChI is InChI=1S/C12H13NO3/c13-11-2-1-9(12(14)15)7-10(11)8-3-5-16-6-4-8/h1-3,7H,4-6,13H2,(H,14,15). The Bertz CT molecular complexity index is 452. The first-order chi connectivity index (χ1) is 7.68. The molecule has 0 amide bonds. The summed E-state index contributed by atoms with van der Waals surface area (Å²) >= 11 is 0. The minimum Gasteiger partial charge on any atom is -0.478 e. The molecule has 4 nitrogen and oxygen atoms in total. The van der Waals surface area contributed by atoms with Gasteiger partial charge in [-0.1, -0.05) is 6.08 Å². The van der Waals surface area contributed by atoms with Gasteiger partial charge in [0.05, 0.1) is 18.8 Å². The predicted molar refractivity (Wildman–Crippen MR) is 61.2 cm³/mol. The Morgan fingerprint density at radius 2 is 2.25 bits per heavy atom. The minimum absolute atomic E-state index is 0.261. The molecule has 1 aromatic rings. The van der Waals surface area contributed by atoms with Crippen LogP contribution >= 0.6 is 0 Å². The fourth-order valence-electron chi connectivity index (χ4n) is 1.74. The molecule has 1 aromatic carbocycles. The Hall–Kier alpha value is -1.81. The molecule has 4 heteroatoms. The van der Waals surface area contributed by atoms with Gasteiger partial charge in [-0.3, -0.25) is 0 Å². The Labute approximate surface area is 93.3 Å². The summed E-state index contributed by atoms with van der Waals surface area (Å²) in [4.78, 5) is 10.9. The molecule has 2 rings (SSSR count). The van der Waals surface area contributed by atoms with Crippen LogP contribution in [-0.2, 0) is 4.74 Å². The number of ether oxygens (including phenoxy) is 1. The number of benzene rings is 1. The molecule has 0 saturated heterocycles. The van der Waals surface area contributed by atoms with E-state index in [1.807, 2.05) is 6.08 Å². The van der Waals surface area contributed by atoms with Crippen molar-refractivity contribution >= 4 is 17.2 Å². The third-order valence-electron chi connectivity index (χ3n) is 2.61. The second-order valence-corrected chi connectivity index (χ2v) is 3.66. The van der Waals surface area contributed by atoms with Gasteiger partial charge in [0.15, 0.2) is 0 Å². The minimum atomic E-state index is -0.936. The van der Waals surface area contributed by atoms with Crippen molar-refractivity contribution in [3.63, 3.8) is 0 Å². The third-order valence-corrected chi connectivity index (χ3v) is 2.61. The van der Waals surface area contributed by atoms with Crippen molar-refractivity contribution in [2.75, 3.05) is 18.9 Å². The summed E-state index contributed by atoms with van der Waals surface area (Å²) in [5.41, 5.74) is 8.59. The lowest BCUT2D eigenvalue weighted by atomic mass is 9.98. The fraction of sp³-hybridized carbons (Fsp3) is 0.250. The predicted octanol–water partition coefficient (Wildman–Crippen LogP) is 1.77. The van der Waals surface area contributed by atoms with Gasteiger partial charge in [0.25, 0.3) is 0 Å². The molecule has 1 aliphatic heterocycles. The van der Waals surface area contributed by atoms with E-state index < -0.39 is 5.97 Å². The highest BCUT2D eigenvalue weighted by Gasteiger charge is 2.12. The van der Waals surface area contributed by atoms with E-state index in [-0.39, 0.29) is 5.56 Å². The molecule has 0 aromatic heterocycles. The monoisotopic (exact) mass is 219 g/mol. The van der Waals surface area contributed by atoms with Gasteiger partial charge < -0.3 is 15.6 Å². The van der Waals surface area contributed by atoms with Gasteiger partial charge in [0.1, 0.15) is 0 Å². The van der Waals surface area contributed by atoms with E-state index in [2.05, 4.69) is 0 Å². The van der Waals surface area contributed by atoms with E-state index in [1.165, 1.54) is 6.07 Å². The SMILES string of the molecule is Nc1ccc(C(=O)O)cc1C1=CCOCC1. The molecular weight excluding hydrogens is 206 g/mol. The highest BCUT2D eigenvalue weighted by atomic mass is 16.5. The van der Waals surface area contributed by atoms with Crippen LogP contribution in [0.4, 0.5) is 5.69 Å². The molecule has 0 fully saturated rings. The second kappa shape index (κ2) is 4.37. The molecule has 1 aliphatic rings. The average Bonchev–Trinajstić information content (AvgIpc) is 2.30. The van der Waals surface area contributed by atoms with Crippen molar-refractivity contribution in [3.8, 4) is 0 Å². The summed E-state index contributed by atoms with van der Waals surface area (Å²) in [6.45, 7) is 1.22. The second-order valence-electron chi connectivity index (χ2n) is 3.66. The van der Waals surface area contributed by atoms with Crippen molar-refractivity contribution in [1.29, 1.82) is 0 Å². The number of aromatic carboxylic acids is 1. The normalized spacial score (nSPS) is 15.6. The largest absolute Gasteiger partial charge is 0.478 e. The van der Waals surface area contributed by atoms with Crippen LogP contribution in [0.2, 0.25) is 0 Å². The Morgan fingerprint density at radius 1 is 1.44 bits per heavy atom. The number of carbonyl (C=O) groups is 1. The number of nitrogens with two attached hydrogens (primary N) is 1. The van der Waals surface area contributed by atoms with Gasteiger partial charge in [0.2, 0.25) is 0 Å². The summed E-state index contributed by atoms with van der Waals surface area (Å²) in [7, 11) is 0. The average molecular weight is 219 g/mol. The third kappa shape index (κ3) is 2.06. The smallest absolute Gasteiger partial charge is 0.335 e. The number of carboxylic acid groups (broad SMARTS) is 1. The van der Waals surface area contributed by atoms with Crippen molar-refractivity contribution in [1.82, 2.24) is 0 Å². The van der Waals surface area contributed by atoms with Gasteiger partial charge in [-0.2, -0.15) is 0 Å². The van der Waals surface area contributed by atoms with Crippen molar-refractivity contribution in [2.45, 2.75) is 6.42 Å². The molecular formula is C12H13NO3. The maximum absolute atomic E-state index is 10.9. The summed E-state index contributed by atoms with van der Waals surface area (Å²) < 4.78 is 5.21. The van der Waals surface area contributed by atoms with Crippen molar-refractivity contribution < 1.29 is 14.6 Å². The Kier molecular flexibility index (Phi) is 2.92. The van der Waals surface area contributed by atoms with Crippen LogP contribution in [-0.4, -0.2) is 24.3 Å². The topological polar surface area (TPSA) is 72.6 Å². The first-order valence-corrected chi connectivity index (χ1v) is 5.08. The number of rotatable bonds is 2. The van der Waals surface area contributed by atoms with Crippen LogP contribution in [0.5, 0.6) is 0 Å². The number of anilines is 1. The lowest BCUT2D eigenvalue weighted by molar-refractivity contribution is 0.0697. The highest BCUT2D eigenvalue weighted by Crippen LogP contribution is 2.27. The molecule has 16 heavy (non-hydrogen) atoms. The number of carboxylic acids is 1. The molecule has 0 unspecified atom stereocenters. The van der Waals surface area contributed by atoms with E-state index in [0.717, 1.165) is 17.6 Å². The van der Waals surface area contributed by atoms with Crippen molar-refractivity contribution in [3.05, 3.63) is 35.4 Å². The number of hydrogen-bond donors (Lipinski definition) is 2. The van der Waals surface area contributed by atoms with Crippen LogP contribution < -0.4 is 5.73 Å². The van der Waals surface area contributed by atoms with E-state index in [9.17, 15) is 4.79 Å². The molecule has 0 radical (unpaired) electrons. The lowest BCUT2D eigenvalue weighted by Gasteiger charge is -2.15. The summed E-state index contributed by atoms with van der Waals surface area (Å²) in [5.74, 6) is -0.936. The first-order valence-electron chi connectivity index (χ1n) is 5.08. The summed E-state index contributed by atoms with van der Waals surface area (Å²) in [5, 5.41) is 8.91. The Balaban J connectivity index is 2.42. The van der Waals surface area contributed by atoms with Crippen LogP contribution in [0.1, 0.15) is 22.3 Å². The van der Waals surface area contributed by atoms with E-state index >= 15 is 0 Å².